The number of rotatable bonds is 4. The molecule has 2 aliphatic heterocycles. The molecule has 2 aromatic heterocycles. The first-order valence-electron chi connectivity index (χ1n) is 12.9. The normalized spacial score (nSPS) is 19.6. The predicted molar refractivity (Wildman–Crippen MR) is 143 cm³/mol. The zero-order valence-electron chi connectivity index (χ0n) is 21.6. The van der Waals surface area contributed by atoms with Crippen LogP contribution in [0.4, 0.5) is 11.6 Å². The summed E-state index contributed by atoms with van der Waals surface area (Å²) in [5, 5.41) is 9.58. The maximum atomic E-state index is 13.1. The van der Waals surface area contributed by atoms with Crippen LogP contribution in [0.1, 0.15) is 37.1 Å². The molecule has 0 amide bonds. The van der Waals surface area contributed by atoms with Gasteiger partial charge in [0.2, 0.25) is 10.0 Å². The Bertz CT molecular complexity index is 1500. The van der Waals surface area contributed by atoms with Crippen molar-refractivity contribution >= 4 is 21.7 Å². The predicted octanol–water partition coefficient (Wildman–Crippen LogP) is 2.40. The van der Waals surface area contributed by atoms with E-state index in [0.717, 1.165) is 47.7 Å². The molecule has 0 unspecified atom stereocenters. The highest BCUT2D eigenvalue weighted by molar-refractivity contribution is 7.89. The van der Waals surface area contributed by atoms with E-state index < -0.39 is 16.1 Å². The lowest BCUT2D eigenvalue weighted by Crippen LogP contribution is -2.53. The topological polar surface area (TPSA) is 135 Å². The third-order valence-corrected chi connectivity index (χ3v) is 9.57. The molecular weight excluding hydrogens is 504 g/mol. The van der Waals surface area contributed by atoms with Crippen molar-refractivity contribution in [1.82, 2.24) is 19.3 Å². The lowest BCUT2D eigenvalue weighted by Gasteiger charge is -2.34. The van der Waals surface area contributed by atoms with E-state index in [9.17, 15) is 13.5 Å². The quantitative estimate of drug-likeness (QED) is 0.515. The van der Waals surface area contributed by atoms with Gasteiger partial charge in [-0.1, -0.05) is 19.9 Å². The number of sulfonamides is 1. The molecule has 4 heterocycles. The van der Waals surface area contributed by atoms with Gasteiger partial charge in [-0.2, -0.15) is 4.31 Å². The first-order chi connectivity index (χ1) is 18.1. The number of nitrogens with two attached hydrogens (primary N) is 1. The maximum absolute atomic E-state index is 13.1. The summed E-state index contributed by atoms with van der Waals surface area (Å²) in [7, 11) is -3.84. The van der Waals surface area contributed by atoms with Gasteiger partial charge in [0.05, 0.1) is 12.6 Å². The van der Waals surface area contributed by atoms with E-state index in [4.69, 9.17) is 15.5 Å². The average molecular weight is 537 g/mol. The molecule has 1 aromatic carbocycles. The van der Waals surface area contributed by atoms with Crippen LogP contribution in [0.5, 0.6) is 5.75 Å². The van der Waals surface area contributed by atoms with Crippen LogP contribution in [-0.4, -0.2) is 65.1 Å². The number of pyridine rings is 1. The van der Waals surface area contributed by atoms with E-state index in [2.05, 4.69) is 28.7 Å². The summed E-state index contributed by atoms with van der Waals surface area (Å²) in [5.74, 6) is 1.70. The molecule has 0 atom stereocenters. The number of ether oxygens (including phenoxy) is 1. The fourth-order valence-electron chi connectivity index (χ4n) is 5.46. The summed E-state index contributed by atoms with van der Waals surface area (Å²) in [6, 6.07) is 7.40. The van der Waals surface area contributed by atoms with Crippen molar-refractivity contribution in [3.8, 4) is 16.9 Å². The molecule has 1 saturated heterocycles. The Morgan fingerprint density at radius 2 is 1.95 bits per heavy atom. The van der Waals surface area contributed by atoms with Gasteiger partial charge in [-0.3, -0.25) is 0 Å². The number of nitrogens with zero attached hydrogens (tertiary/aromatic N) is 5. The fourth-order valence-corrected chi connectivity index (χ4v) is 7.06. The fraction of sp³-hybridized carbons (Fsp3) is 0.444. The number of hydrogen-bond donors (Lipinski definition) is 2. The van der Waals surface area contributed by atoms with Gasteiger partial charge in [-0.15, -0.1) is 0 Å². The smallest absolute Gasteiger partial charge is 0.246 e. The summed E-state index contributed by atoms with van der Waals surface area (Å²) in [4.78, 5) is 15.7. The van der Waals surface area contributed by atoms with Crippen molar-refractivity contribution < 1.29 is 18.3 Å². The first-order valence-corrected chi connectivity index (χ1v) is 14.3. The zero-order valence-corrected chi connectivity index (χ0v) is 22.4. The Morgan fingerprint density at radius 1 is 1.13 bits per heavy atom. The van der Waals surface area contributed by atoms with Gasteiger partial charge in [0.1, 0.15) is 35.2 Å². The highest BCUT2D eigenvalue weighted by atomic mass is 32.2. The molecule has 0 bridgehead atoms. The van der Waals surface area contributed by atoms with Crippen LogP contribution in [0.3, 0.4) is 0 Å². The van der Waals surface area contributed by atoms with Gasteiger partial charge in [0.15, 0.2) is 0 Å². The minimum absolute atomic E-state index is 0.0510. The molecule has 38 heavy (non-hydrogen) atoms. The molecule has 3 N–H and O–H groups in total. The number of aliphatic hydroxyl groups excluding tert-OH is 1. The van der Waals surface area contributed by atoms with E-state index in [1.807, 2.05) is 18.2 Å². The van der Waals surface area contributed by atoms with Crippen LogP contribution in [0.25, 0.3) is 11.1 Å². The van der Waals surface area contributed by atoms with E-state index in [0.29, 0.717) is 25.3 Å². The Labute approximate surface area is 222 Å². The first kappa shape index (κ1) is 25.0. The molecule has 11 heteroatoms. The maximum Gasteiger partial charge on any atom is 0.246 e. The number of β-amino-alcohol motifs (C(OH)–C–C–N with tert-alkyl or cyclic N) is 1. The van der Waals surface area contributed by atoms with Crippen LogP contribution in [0, 0.1) is 5.41 Å². The molecule has 3 aliphatic rings. The van der Waals surface area contributed by atoms with Crippen LogP contribution in [0.15, 0.2) is 41.7 Å². The van der Waals surface area contributed by atoms with Gasteiger partial charge in [-0.25, -0.2) is 23.4 Å². The summed E-state index contributed by atoms with van der Waals surface area (Å²) in [6.07, 6.45) is 5.59. The molecule has 3 aromatic rings. The minimum atomic E-state index is -3.84. The number of nitrogen functional groups attached to an aromatic ring is 1. The Kier molecular flexibility index (Phi) is 6.04. The largest absolute Gasteiger partial charge is 0.491 e. The Morgan fingerprint density at radius 3 is 2.74 bits per heavy atom. The molecule has 1 aliphatic carbocycles. The van der Waals surface area contributed by atoms with E-state index in [-0.39, 0.29) is 29.2 Å². The van der Waals surface area contributed by atoms with Crippen molar-refractivity contribution in [2.75, 3.05) is 36.9 Å². The molecule has 1 fully saturated rings. The summed E-state index contributed by atoms with van der Waals surface area (Å²) in [6.45, 7) is 6.53. The van der Waals surface area contributed by atoms with Gasteiger partial charge >= 0.3 is 0 Å². The molecular formula is C27H32N6O4S. The highest BCUT2D eigenvalue weighted by Gasteiger charge is 2.37. The number of aromatic nitrogens is 3. The van der Waals surface area contributed by atoms with Crippen molar-refractivity contribution in [3.05, 3.63) is 53.6 Å². The van der Waals surface area contributed by atoms with Gasteiger partial charge < -0.3 is 20.5 Å². The molecule has 10 nitrogen and oxygen atoms in total. The lowest BCUT2D eigenvalue weighted by atomic mass is 9.76. The van der Waals surface area contributed by atoms with E-state index in [1.54, 1.807) is 18.6 Å². The van der Waals surface area contributed by atoms with Gasteiger partial charge in [0, 0.05) is 48.2 Å². The Hall–Kier alpha value is -3.28. The number of hydrogen-bond acceptors (Lipinski definition) is 9. The van der Waals surface area contributed by atoms with Crippen LogP contribution in [-0.2, 0) is 29.4 Å². The van der Waals surface area contributed by atoms with Crippen molar-refractivity contribution in [3.63, 3.8) is 0 Å². The van der Waals surface area contributed by atoms with Gasteiger partial charge in [0.25, 0.3) is 0 Å². The SMILES string of the molecule is CC1(C)CCc2ncnc(N3CCOc4ccc(-c5cnc(N)c(S(=O)(=O)N6CC(O)C6)c5)cc4C3)c2C1. The van der Waals surface area contributed by atoms with Crippen LogP contribution in [0.2, 0.25) is 0 Å². The van der Waals surface area contributed by atoms with Crippen molar-refractivity contribution in [2.45, 2.75) is 50.7 Å². The van der Waals surface area contributed by atoms with Crippen molar-refractivity contribution in [2.24, 2.45) is 5.41 Å². The van der Waals surface area contributed by atoms with Crippen molar-refractivity contribution in [1.29, 1.82) is 0 Å². The van der Waals surface area contributed by atoms with E-state index >= 15 is 0 Å². The zero-order chi connectivity index (χ0) is 26.7. The standard InChI is InChI=1S/C27H32N6O4S/c1-27(2)6-5-22-21(11-27)26(31-16-30-22)32-7-8-37-23-4-3-17(9-19(23)13-32)18-10-24(25(28)29-12-18)38(35,36)33-14-20(34)15-33/h3-4,9-10,12,16,20,34H,5-8,11,13-15H2,1-2H3,(H2,28,29). The number of aliphatic hydroxyl groups is 1. The molecule has 0 saturated carbocycles. The molecule has 6 rings (SSSR count). The third-order valence-electron chi connectivity index (χ3n) is 7.71. The Balaban J connectivity index is 1.33. The summed E-state index contributed by atoms with van der Waals surface area (Å²) >= 11 is 0. The molecule has 0 spiro atoms. The monoisotopic (exact) mass is 536 g/mol. The second kappa shape index (κ2) is 9.18. The second-order valence-corrected chi connectivity index (χ2v) is 13.0. The van der Waals surface area contributed by atoms with Gasteiger partial charge in [-0.05, 0) is 48.4 Å². The highest BCUT2D eigenvalue weighted by Crippen LogP contribution is 2.39. The number of fused-ring (bicyclic) bond motifs is 2. The third kappa shape index (κ3) is 4.48. The molecule has 200 valence electrons. The second-order valence-electron chi connectivity index (χ2n) is 11.1. The number of anilines is 2. The number of aryl methyl sites for hydroxylation is 1. The lowest BCUT2D eigenvalue weighted by molar-refractivity contribution is 0.0548. The number of benzene rings is 1. The average Bonchev–Trinajstić information content (AvgIpc) is 3.08. The minimum Gasteiger partial charge on any atom is -0.491 e. The summed E-state index contributed by atoms with van der Waals surface area (Å²) in [5.41, 5.74) is 11.0. The summed E-state index contributed by atoms with van der Waals surface area (Å²) < 4.78 is 33.4. The van der Waals surface area contributed by atoms with E-state index in [1.165, 1.54) is 9.87 Å². The van der Waals surface area contributed by atoms with Crippen LogP contribution >= 0.6 is 0 Å². The van der Waals surface area contributed by atoms with Crippen LogP contribution < -0.4 is 15.4 Å². The molecule has 0 radical (unpaired) electrons.